The van der Waals surface area contributed by atoms with Gasteiger partial charge in [0.2, 0.25) is 0 Å². The molecular weight excluding hydrogens is 224 g/mol. The maximum atomic E-state index is 6.09. The second kappa shape index (κ2) is 4.41. The Labute approximate surface area is 98.8 Å². The molecule has 1 aliphatic carbocycles. The van der Waals surface area contributed by atoms with Crippen LogP contribution in [0.15, 0.2) is 0 Å². The molecule has 2 heterocycles. The van der Waals surface area contributed by atoms with Gasteiger partial charge in [0.25, 0.3) is 0 Å². The largest absolute Gasteiger partial charge is 0.376 e. The molecule has 2 atom stereocenters. The first kappa shape index (κ1) is 10.7. The van der Waals surface area contributed by atoms with Crippen molar-refractivity contribution >= 4 is 11.3 Å². The summed E-state index contributed by atoms with van der Waals surface area (Å²) in [7, 11) is 0. The zero-order chi connectivity index (χ0) is 11.0. The van der Waals surface area contributed by atoms with Gasteiger partial charge >= 0.3 is 0 Å². The SMILES string of the molecule is NC1CCCc2nc(C3COCCO3)sc21. The van der Waals surface area contributed by atoms with Crippen LogP contribution in [0.4, 0.5) is 0 Å². The first-order chi connectivity index (χ1) is 7.84. The van der Waals surface area contributed by atoms with Crippen molar-refractivity contribution in [2.75, 3.05) is 19.8 Å². The molecular formula is C11H16N2O2S. The van der Waals surface area contributed by atoms with E-state index in [1.165, 1.54) is 10.6 Å². The Hall–Kier alpha value is -0.490. The van der Waals surface area contributed by atoms with Crippen LogP contribution in [0.3, 0.4) is 0 Å². The Bertz CT molecular complexity index is 374. The van der Waals surface area contributed by atoms with Crippen LogP contribution in [-0.4, -0.2) is 24.8 Å². The van der Waals surface area contributed by atoms with Crippen molar-refractivity contribution in [1.82, 2.24) is 4.98 Å². The molecule has 3 rings (SSSR count). The number of thiazole rings is 1. The fraction of sp³-hybridized carbons (Fsp3) is 0.727. The molecule has 2 unspecified atom stereocenters. The molecule has 0 bridgehead atoms. The molecule has 1 aromatic heterocycles. The molecule has 88 valence electrons. The number of aryl methyl sites for hydroxylation is 1. The number of ether oxygens (including phenoxy) is 2. The molecule has 1 aromatic rings. The van der Waals surface area contributed by atoms with Gasteiger partial charge < -0.3 is 15.2 Å². The number of rotatable bonds is 1. The van der Waals surface area contributed by atoms with Crippen LogP contribution in [0.25, 0.3) is 0 Å². The lowest BCUT2D eigenvalue weighted by molar-refractivity contribution is -0.0902. The van der Waals surface area contributed by atoms with Crippen molar-refractivity contribution in [3.63, 3.8) is 0 Å². The van der Waals surface area contributed by atoms with E-state index in [4.69, 9.17) is 15.2 Å². The lowest BCUT2D eigenvalue weighted by Crippen LogP contribution is -2.21. The van der Waals surface area contributed by atoms with E-state index in [9.17, 15) is 0 Å². The van der Waals surface area contributed by atoms with E-state index in [-0.39, 0.29) is 12.1 Å². The highest BCUT2D eigenvalue weighted by Gasteiger charge is 2.26. The smallest absolute Gasteiger partial charge is 0.132 e. The van der Waals surface area contributed by atoms with Gasteiger partial charge in [0.1, 0.15) is 11.1 Å². The third-order valence-electron chi connectivity index (χ3n) is 3.10. The first-order valence-corrected chi connectivity index (χ1v) is 6.60. The molecule has 5 heteroatoms. The van der Waals surface area contributed by atoms with Gasteiger partial charge in [-0.3, -0.25) is 0 Å². The maximum absolute atomic E-state index is 6.09. The molecule has 0 aromatic carbocycles. The van der Waals surface area contributed by atoms with E-state index in [0.29, 0.717) is 19.8 Å². The van der Waals surface area contributed by atoms with Gasteiger partial charge in [-0.15, -0.1) is 11.3 Å². The van der Waals surface area contributed by atoms with E-state index < -0.39 is 0 Å². The quantitative estimate of drug-likeness (QED) is 0.809. The van der Waals surface area contributed by atoms with Crippen LogP contribution < -0.4 is 5.73 Å². The molecule has 1 aliphatic heterocycles. The molecule has 0 saturated carbocycles. The van der Waals surface area contributed by atoms with E-state index in [1.807, 2.05) is 0 Å². The topological polar surface area (TPSA) is 57.4 Å². The molecule has 1 saturated heterocycles. The number of hydrogen-bond acceptors (Lipinski definition) is 5. The molecule has 16 heavy (non-hydrogen) atoms. The monoisotopic (exact) mass is 240 g/mol. The number of hydrogen-bond donors (Lipinski definition) is 1. The normalized spacial score (nSPS) is 30.1. The van der Waals surface area contributed by atoms with Crippen LogP contribution in [0.1, 0.15) is 40.6 Å². The van der Waals surface area contributed by atoms with E-state index in [2.05, 4.69) is 4.98 Å². The van der Waals surface area contributed by atoms with E-state index >= 15 is 0 Å². The van der Waals surface area contributed by atoms with Crippen LogP contribution in [0, 0.1) is 0 Å². The van der Waals surface area contributed by atoms with Crippen LogP contribution in [0.2, 0.25) is 0 Å². The molecule has 1 fully saturated rings. The summed E-state index contributed by atoms with van der Waals surface area (Å²) < 4.78 is 11.1. The van der Waals surface area contributed by atoms with Crippen molar-refractivity contribution < 1.29 is 9.47 Å². The lowest BCUT2D eigenvalue weighted by Gasteiger charge is -2.20. The summed E-state index contributed by atoms with van der Waals surface area (Å²) in [5, 5.41) is 1.04. The number of aromatic nitrogens is 1. The van der Waals surface area contributed by atoms with Crippen molar-refractivity contribution in [3.8, 4) is 0 Å². The Morgan fingerprint density at radius 2 is 2.31 bits per heavy atom. The van der Waals surface area contributed by atoms with Gasteiger partial charge in [-0.05, 0) is 19.3 Å². The Kier molecular flexibility index (Phi) is 2.93. The zero-order valence-corrected chi connectivity index (χ0v) is 9.96. The molecule has 2 aliphatic rings. The second-order valence-corrected chi connectivity index (χ2v) is 5.36. The molecule has 2 N–H and O–H groups in total. The highest BCUT2D eigenvalue weighted by atomic mass is 32.1. The minimum absolute atomic E-state index is 0.0246. The summed E-state index contributed by atoms with van der Waals surface area (Å²) >= 11 is 1.71. The van der Waals surface area contributed by atoms with E-state index in [1.54, 1.807) is 11.3 Å². The third kappa shape index (κ3) is 1.88. The number of nitrogens with two attached hydrogens (primary N) is 1. The Morgan fingerprint density at radius 3 is 3.06 bits per heavy atom. The summed E-state index contributed by atoms with van der Waals surface area (Å²) in [6.07, 6.45) is 3.32. The summed E-state index contributed by atoms with van der Waals surface area (Å²) in [6.45, 7) is 1.99. The Balaban J connectivity index is 1.85. The minimum atomic E-state index is 0.0246. The van der Waals surface area contributed by atoms with E-state index in [0.717, 1.165) is 24.3 Å². The minimum Gasteiger partial charge on any atom is -0.376 e. The van der Waals surface area contributed by atoms with Crippen molar-refractivity contribution in [3.05, 3.63) is 15.6 Å². The highest BCUT2D eigenvalue weighted by molar-refractivity contribution is 7.11. The average Bonchev–Trinajstić information content (AvgIpc) is 2.76. The fourth-order valence-corrected chi connectivity index (χ4v) is 3.42. The van der Waals surface area contributed by atoms with Gasteiger partial charge in [0.05, 0.1) is 25.5 Å². The van der Waals surface area contributed by atoms with Crippen LogP contribution >= 0.6 is 11.3 Å². The average molecular weight is 240 g/mol. The Morgan fingerprint density at radius 1 is 1.38 bits per heavy atom. The first-order valence-electron chi connectivity index (χ1n) is 5.79. The maximum Gasteiger partial charge on any atom is 0.132 e. The summed E-state index contributed by atoms with van der Waals surface area (Å²) in [5.41, 5.74) is 7.28. The van der Waals surface area contributed by atoms with Crippen molar-refractivity contribution in [2.24, 2.45) is 5.73 Å². The van der Waals surface area contributed by atoms with Gasteiger partial charge in [0.15, 0.2) is 0 Å². The van der Waals surface area contributed by atoms with Crippen molar-refractivity contribution in [1.29, 1.82) is 0 Å². The number of nitrogens with zero attached hydrogens (tertiary/aromatic N) is 1. The second-order valence-electron chi connectivity index (χ2n) is 4.30. The molecule has 4 nitrogen and oxygen atoms in total. The van der Waals surface area contributed by atoms with Crippen molar-refractivity contribution in [2.45, 2.75) is 31.4 Å². The summed E-state index contributed by atoms with van der Waals surface area (Å²) in [6, 6.07) is 0.180. The van der Waals surface area contributed by atoms with Gasteiger partial charge in [-0.25, -0.2) is 4.98 Å². The third-order valence-corrected chi connectivity index (χ3v) is 4.42. The predicted octanol–water partition coefficient (Wildman–Crippen LogP) is 1.57. The fourth-order valence-electron chi connectivity index (χ4n) is 2.24. The summed E-state index contributed by atoms with van der Waals surface area (Å²) in [5.74, 6) is 0. The standard InChI is InChI=1S/C11H16N2O2S/c12-7-2-1-3-8-10(7)16-11(13-8)9-6-14-4-5-15-9/h7,9H,1-6,12H2. The molecule has 0 radical (unpaired) electrons. The van der Waals surface area contributed by atoms with Gasteiger partial charge in [0, 0.05) is 10.9 Å². The van der Waals surface area contributed by atoms with Crippen LogP contribution in [0.5, 0.6) is 0 Å². The molecule has 0 spiro atoms. The number of fused-ring (bicyclic) bond motifs is 1. The summed E-state index contributed by atoms with van der Waals surface area (Å²) in [4.78, 5) is 5.92. The lowest BCUT2D eigenvalue weighted by atomic mass is 9.99. The molecule has 0 amide bonds. The van der Waals surface area contributed by atoms with Crippen LogP contribution in [-0.2, 0) is 15.9 Å². The predicted molar refractivity (Wildman–Crippen MR) is 61.5 cm³/mol. The highest BCUT2D eigenvalue weighted by Crippen LogP contribution is 2.36. The zero-order valence-electron chi connectivity index (χ0n) is 9.15. The van der Waals surface area contributed by atoms with Gasteiger partial charge in [-0.1, -0.05) is 0 Å². The van der Waals surface area contributed by atoms with Gasteiger partial charge in [-0.2, -0.15) is 0 Å².